The zero-order valence-electron chi connectivity index (χ0n) is 12.1. The maximum atomic E-state index is 11.0. The SMILES string of the molecule is CCCCCCCCCCCCCC(=O)P(=O)(O)O. The van der Waals surface area contributed by atoms with E-state index in [0.29, 0.717) is 6.42 Å². The lowest BCUT2D eigenvalue weighted by Gasteiger charge is -2.03. The Balaban J connectivity index is 3.19. The quantitative estimate of drug-likeness (QED) is 0.390. The van der Waals surface area contributed by atoms with Crippen LogP contribution in [0.1, 0.15) is 84.0 Å². The van der Waals surface area contributed by atoms with Gasteiger partial charge in [-0.05, 0) is 6.42 Å². The summed E-state index contributed by atoms with van der Waals surface area (Å²) in [6, 6.07) is 0. The fourth-order valence-corrected chi connectivity index (χ4v) is 2.54. The van der Waals surface area contributed by atoms with E-state index in [4.69, 9.17) is 9.79 Å². The molecule has 0 aromatic carbocycles. The lowest BCUT2D eigenvalue weighted by Crippen LogP contribution is -1.98. The minimum absolute atomic E-state index is 0.0152. The van der Waals surface area contributed by atoms with E-state index in [1.54, 1.807) is 0 Å². The molecule has 0 heterocycles. The summed E-state index contributed by atoms with van der Waals surface area (Å²) in [5.41, 5.74) is -0.913. The van der Waals surface area contributed by atoms with Crippen LogP contribution in [-0.2, 0) is 9.36 Å². The van der Waals surface area contributed by atoms with Crippen LogP contribution >= 0.6 is 7.60 Å². The second-order valence-electron chi connectivity index (χ2n) is 5.22. The first-order chi connectivity index (χ1) is 8.98. The van der Waals surface area contributed by atoms with Crippen LogP contribution in [0.2, 0.25) is 0 Å². The summed E-state index contributed by atoms with van der Waals surface area (Å²) in [6.45, 7) is 2.22. The van der Waals surface area contributed by atoms with Crippen LogP contribution in [0, 0.1) is 0 Å². The molecule has 0 aromatic rings. The summed E-state index contributed by atoms with van der Waals surface area (Å²) < 4.78 is 10.6. The Bertz CT molecular complexity index is 273. The molecule has 0 amide bonds. The van der Waals surface area contributed by atoms with Gasteiger partial charge < -0.3 is 9.79 Å². The zero-order chi connectivity index (χ0) is 14.6. The van der Waals surface area contributed by atoms with Gasteiger partial charge >= 0.3 is 7.60 Å². The molecule has 0 radical (unpaired) electrons. The Kier molecular flexibility index (Phi) is 11.5. The molecule has 0 saturated carbocycles. The molecule has 0 atom stereocenters. The molecule has 0 rings (SSSR count). The number of hydrogen-bond donors (Lipinski definition) is 2. The lowest BCUT2D eigenvalue weighted by molar-refractivity contribution is -0.113. The van der Waals surface area contributed by atoms with Gasteiger partial charge in [-0.25, -0.2) is 0 Å². The molecule has 0 aromatic heterocycles. The first kappa shape index (κ1) is 18.8. The van der Waals surface area contributed by atoms with Gasteiger partial charge in [-0.1, -0.05) is 71.1 Å². The van der Waals surface area contributed by atoms with Crippen LogP contribution in [0.5, 0.6) is 0 Å². The van der Waals surface area contributed by atoms with Crippen LogP contribution in [-0.4, -0.2) is 15.3 Å². The number of rotatable bonds is 13. The molecule has 19 heavy (non-hydrogen) atoms. The van der Waals surface area contributed by atoms with E-state index in [2.05, 4.69) is 6.92 Å². The minimum atomic E-state index is -4.48. The molecular weight excluding hydrogens is 263 g/mol. The molecule has 0 bridgehead atoms. The van der Waals surface area contributed by atoms with Gasteiger partial charge in [0.05, 0.1) is 0 Å². The van der Waals surface area contributed by atoms with Gasteiger partial charge in [0.1, 0.15) is 0 Å². The van der Waals surface area contributed by atoms with Crippen molar-refractivity contribution in [1.82, 2.24) is 0 Å². The van der Waals surface area contributed by atoms with Crippen LogP contribution in [0.4, 0.5) is 0 Å². The van der Waals surface area contributed by atoms with E-state index in [-0.39, 0.29) is 6.42 Å². The van der Waals surface area contributed by atoms with Gasteiger partial charge in [0, 0.05) is 6.42 Å². The molecule has 5 heteroatoms. The smallest absolute Gasteiger partial charge is 0.319 e. The van der Waals surface area contributed by atoms with Crippen molar-refractivity contribution < 1.29 is 19.1 Å². The summed E-state index contributed by atoms with van der Waals surface area (Å²) >= 11 is 0. The third kappa shape index (κ3) is 12.6. The fraction of sp³-hybridized carbons (Fsp3) is 0.929. The second kappa shape index (κ2) is 11.6. The first-order valence-corrected chi connectivity index (χ1v) is 9.18. The van der Waals surface area contributed by atoms with Crippen molar-refractivity contribution >= 4 is 13.1 Å². The molecule has 0 aliphatic heterocycles. The molecule has 2 N–H and O–H groups in total. The zero-order valence-corrected chi connectivity index (χ0v) is 13.0. The highest BCUT2D eigenvalue weighted by Gasteiger charge is 2.24. The van der Waals surface area contributed by atoms with E-state index in [0.717, 1.165) is 19.3 Å². The Hall–Kier alpha value is -0.180. The fourth-order valence-electron chi connectivity index (χ4n) is 2.09. The third-order valence-corrected chi connectivity index (χ3v) is 4.19. The Labute approximate surface area is 117 Å². The second-order valence-corrected chi connectivity index (χ2v) is 6.81. The normalized spacial score (nSPS) is 11.7. The summed E-state index contributed by atoms with van der Waals surface area (Å²) in [6.07, 6.45) is 12.9. The summed E-state index contributed by atoms with van der Waals surface area (Å²) in [7, 11) is -4.48. The highest BCUT2D eigenvalue weighted by Crippen LogP contribution is 2.37. The van der Waals surface area contributed by atoms with E-state index in [9.17, 15) is 9.36 Å². The van der Waals surface area contributed by atoms with Gasteiger partial charge in [-0.15, -0.1) is 0 Å². The van der Waals surface area contributed by atoms with Crippen molar-refractivity contribution in [3.8, 4) is 0 Å². The van der Waals surface area contributed by atoms with Crippen LogP contribution < -0.4 is 0 Å². The monoisotopic (exact) mass is 292 g/mol. The third-order valence-electron chi connectivity index (χ3n) is 3.32. The van der Waals surface area contributed by atoms with Crippen molar-refractivity contribution in [2.75, 3.05) is 0 Å². The van der Waals surface area contributed by atoms with Crippen LogP contribution in [0.15, 0.2) is 0 Å². The van der Waals surface area contributed by atoms with Gasteiger partial charge in [-0.3, -0.25) is 9.36 Å². The van der Waals surface area contributed by atoms with Crippen LogP contribution in [0.25, 0.3) is 0 Å². The molecule has 0 fully saturated rings. The highest BCUT2D eigenvalue weighted by molar-refractivity contribution is 7.70. The van der Waals surface area contributed by atoms with Gasteiger partial charge in [-0.2, -0.15) is 0 Å². The summed E-state index contributed by atoms with van der Waals surface area (Å²) in [4.78, 5) is 28.2. The van der Waals surface area contributed by atoms with Gasteiger partial charge in [0.25, 0.3) is 0 Å². The standard InChI is InChI=1S/C14H29O4P/c1-2-3-4-5-6-7-8-9-10-11-12-13-14(15)19(16,17)18/h2-13H2,1H3,(H2,16,17,18). The highest BCUT2D eigenvalue weighted by atomic mass is 31.2. The maximum absolute atomic E-state index is 11.0. The molecule has 0 saturated heterocycles. The average molecular weight is 292 g/mol. The molecule has 0 aliphatic carbocycles. The van der Waals surface area contributed by atoms with Gasteiger partial charge in [0.2, 0.25) is 5.52 Å². The van der Waals surface area contributed by atoms with Crippen molar-refractivity contribution in [2.24, 2.45) is 0 Å². The van der Waals surface area contributed by atoms with E-state index in [1.165, 1.54) is 44.9 Å². The van der Waals surface area contributed by atoms with Crippen molar-refractivity contribution in [3.05, 3.63) is 0 Å². The minimum Gasteiger partial charge on any atom is -0.319 e. The maximum Gasteiger partial charge on any atom is 0.391 e. The Morgan fingerprint density at radius 1 is 0.789 bits per heavy atom. The molecule has 0 unspecified atom stereocenters. The lowest BCUT2D eigenvalue weighted by atomic mass is 10.1. The molecular formula is C14H29O4P. The molecule has 0 spiro atoms. The van der Waals surface area contributed by atoms with Gasteiger partial charge in [0.15, 0.2) is 0 Å². The number of hydrogen-bond acceptors (Lipinski definition) is 2. The topological polar surface area (TPSA) is 74.6 Å². The van der Waals surface area contributed by atoms with Crippen molar-refractivity contribution in [2.45, 2.75) is 84.0 Å². The Morgan fingerprint density at radius 3 is 1.53 bits per heavy atom. The van der Waals surface area contributed by atoms with Crippen molar-refractivity contribution in [1.29, 1.82) is 0 Å². The molecule has 114 valence electrons. The average Bonchev–Trinajstić information content (AvgIpc) is 2.34. The van der Waals surface area contributed by atoms with Crippen LogP contribution in [0.3, 0.4) is 0 Å². The number of carbonyl (C=O) groups excluding carboxylic acids is 1. The predicted octanol–water partition coefficient (Wildman–Crippen LogP) is 4.39. The molecule has 4 nitrogen and oxygen atoms in total. The molecule has 0 aliphatic rings. The number of unbranched alkanes of at least 4 members (excludes halogenated alkanes) is 10. The first-order valence-electron chi connectivity index (χ1n) is 7.57. The summed E-state index contributed by atoms with van der Waals surface area (Å²) in [5, 5.41) is 0. The van der Waals surface area contributed by atoms with E-state index >= 15 is 0 Å². The van der Waals surface area contributed by atoms with Crippen molar-refractivity contribution in [3.63, 3.8) is 0 Å². The van der Waals surface area contributed by atoms with E-state index < -0.39 is 13.1 Å². The van der Waals surface area contributed by atoms with E-state index in [1.807, 2.05) is 0 Å². The largest absolute Gasteiger partial charge is 0.391 e. The predicted molar refractivity (Wildman–Crippen MR) is 78.1 cm³/mol. The summed E-state index contributed by atoms with van der Waals surface area (Å²) in [5.74, 6) is 0. The number of carbonyl (C=O) groups is 1. The Morgan fingerprint density at radius 2 is 1.16 bits per heavy atom.